The fourth-order valence-electron chi connectivity index (χ4n) is 3.77. The molecule has 168 valence electrons. The van der Waals surface area contributed by atoms with Crippen LogP contribution in [-0.4, -0.2) is 44.4 Å². The third-order valence-corrected chi connectivity index (χ3v) is 7.37. The average molecular weight is 464 g/mol. The number of benzene rings is 2. The first-order chi connectivity index (χ1) is 14.6. The third kappa shape index (κ3) is 5.99. The fourth-order valence-corrected chi connectivity index (χ4v) is 5.05. The molecule has 2 aromatic carbocycles. The molecule has 1 aliphatic rings. The van der Waals surface area contributed by atoms with E-state index >= 15 is 0 Å². The van der Waals surface area contributed by atoms with Crippen LogP contribution in [-0.2, 0) is 10.0 Å². The Morgan fingerprint density at radius 3 is 2.48 bits per heavy atom. The van der Waals surface area contributed by atoms with E-state index in [1.807, 2.05) is 13.0 Å². The van der Waals surface area contributed by atoms with Crippen LogP contribution in [0.4, 0.5) is 5.69 Å². The number of halogens is 1. The summed E-state index contributed by atoms with van der Waals surface area (Å²) in [6.07, 6.45) is 3.57. The topological polar surface area (TPSA) is 78.5 Å². The van der Waals surface area contributed by atoms with Crippen molar-refractivity contribution in [2.75, 3.05) is 24.4 Å². The van der Waals surface area contributed by atoms with Crippen molar-refractivity contribution in [2.24, 2.45) is 0 Å². The van der Waals surface area contributed by atoms with E-state index in [-0.39, 0.29) is 26.9 Å². The van der Waals surface area contributed by atoms with Gasteiger partial charge in [0.25, 0.3) is 15.9 Å². The maximum absolute atomic E-state index is 12.8. The number of hydrogen-bond acceptors (Lipinski definition) is 4. The predicted octanol–water partition coefficient (Wildman–Crippen LogP) is 4.44. The van der Waals surface area contributed by atoms with Crippen LogP contribution in [0.3, 0.4) is 0 Å². The number of carbonyl (C=O) groups excluding carboxylic acids is 1. The number of rotatable bonds is 7. The molecule has 1 saturated heterocycles. The number of likely N-dealkylation sites (tertiary alicyclic amines) is 1. The summed E-state index contributed by atoms with van der Waals surface area (Å²) in [5, 5.41) is 3.14. The standard InChI is InChI=1S/C23H30ClN3O3S/c1-17-8-7-9-18(14-17)26-31(29,30)19-10-11-21(24)20(15-19)22(28)25-16-23(2,3)27-12-5-4-6-13-27/h7-11,14-15,26H,4-6,12-13,16H2,1-3H3,(H,25,28). The molecule has 0 unspecified atom stereocenters. The van der Waals surface area contributed by atoms with Gasteiger partial charge in [-0.25, -0.2) is 8.42 Å². The number of sulfonamides is 1. The van der Waals surface area contributed by atoms with Crippen LogP contribution >= 0.6 is 11.6 Å². The van der Waals surface area contributed by atoms with E-state index in [1.54, 1.807) is 18.2 Å². The quantitative estimate of drug-likeness (QED) is 0.636. The van der Waals surface area contributed by atoms with E-state index in [0.29, 0.717) is 12.2 Å². The van der Waals surface area contributed by atoms with Gasteiger partial charge in [-0.3, -0.25) is 14.4 Å². The van der Waals surface area contributed by atoms with E-state index in [1.165, 1.54) is 24.6 Å². The molecule has 0 saturated carbocycles. The molecule has 3 rings (SSSR count). The fraction of sp³-hybridized carbons (Fsp3) is 0.435. The minimum absolute atomic E-state index is 0.0150. The van der Waals surface area contributed by atoms with Gasteiger partial charge in [-0.2, -0.15) is 0 Å². The molecule has 1 heterocycles. The Balaban J connectivity index is 1.74. The maximum Gasteiger partial charge on any atom is 0.261 e. The zero-order chi connectivity index (χ0) is 22.6. The van der Waals surface area contributed by atoms with Gasteiger partial charge in [0.05, 0.1) is 15.5 Å². The lowest BCUT2D eigenvalue weighted by Crippen LogP contribution is -2.53. The van der Waals surface area contributed by atoms with E-state index in [0.717, 1.165) is 31.5 Å². The van der Waals surface area contributed by atoms with Crippen molar-refractivity contribution in [3.63, 3.8) is 0 Å². The van der Waals surface area contributed by atoms with Gasteiger partial charge < -0.3 is 5.32 Å². The Labute approximate surface area is 190 Å². The van der Waals surface area contributed by atoms with Crippen LogP contribution in [0.5, 0.6) is 0 Å². The molecule has 0 spiro atoms. The summed E-state index contributed by atoms with van der Waals surface area (Å²) < 4.78 is 28.2. The summed E-state index contributed by atoms with van der Waals surface area (Å²) in [5.41, 5.74) is 1.35. The van der Waals surface area contributed by atoms with Crippen molar-refractivity contribution in [1.29, 1.82) is 0 Å². The zero-order valence-electron chi connectivity index (χ0n) is 18.2. The Morgan fingerprint density at radius 2 is 1.81 bits per heavy atom. The second kappa shape index (κ2) is 9.59. The average Bonchev–Trinajstić information content (AvgIpc) is 2.72. The van der Waals surface area contributed by atoms with Crippen molar-refractivity contribution in [3.8, 4) is 0 Å². The van der Waals surface area contributed by atoms with Gasteiger partial charge >= 0.3 is 0 Å². The summed E-state index contributed by atoms with van der Waals surface area (Å²) >= 11 is 6.23. The molecule has 31 heavy (non-hydrogen) atoms. The highest BCUT2D eigenvalue weighted by Crippen LogP contribution is 2.24. The molecule has 0 bridgehead atoms. The predicted molar refractivity (Wildman–Crippen MR) is 125 cm³/mol. The number of hydrogen-bond donors (Lipinski definition) is 2. The van der Waals surface area contributed by atoms with Gasteiger partial charge in [-0.15, -0.1) is 0 Å². The Morgan fingerprint density at radius 1 is 1.10 bits per heavy atom. The summed E-state index contributed by atoms with van der Waals surface area (Å²) in [7, 11) is -3.86. The normalized spacial score (nSPS) is 15.5. The van der Waals surface area contributed by atoms with Crippen LogP contribution in [0.1, 0.15) is 49.0 Å². The number of anilines is 1. The van der Waals surface area contributed by atoms with Crippen molar-refractivity contribution in [2.45, 2.75) is 50.5 Å². The number of carbonyl (C=O) groups is 1. The summed E-state index contributed by atoms with van der Waals surface area (Å²) in [6, 6.07) is 11.2. The molecule has 2 aromatic rings. The highest BCUT2D eigenvalue weighted by Gasteiger charge is 2.29. The molecule has 0 aromatic heterocycles. The smallest absolute Gasteiger partial charge is 0.261 e. The molecule has 1 fully saturated rings. The zero-order valence-corrected chi connectivity index (χ0v) is 19.8. The first-order valence-electron chi connectivity index (χ1n) is 10.5. The summed E-state index contributed by atoms with van der Waals surface area (Å²) in [5.74, 6) is -0.386. The van der Waals surface area contributed by atoms with Gasteiger partial charge in [0.2, 0.25) is 0 Å². The minimum atomic E-state index is -3.86. The first-order valence-corrected chi connectivity index (χ1v) is 12.4. The van der Waals surface area contributed by atoms with E-state index in [9.17, 15) is 13.2 Å². The lowest BCUT2D eigenvalue weighted by Gasteiger charge is -2.41. The van der Waals surface area contributed by atoms with Crippen LogP contribution < -0.4 is 10.0 Å². The number of nitrogens with one attached hydrogen (secondary N) is 2. The van der Waals surface area contributed by atoms with Gasteiger partial charge in [0, 0.05) is 17.8 Å². The molecular weight excluding hydrogens is 434 g/mol. The van der Waals surface area contributed by atoms with Crippen molar-refractivity contribution in [3.05, 3.63) is 58.6 Å². The number of piperidine rings is 1. The van der Waals surface area contributed by atoms with E-state index in [4.69, 9.17) is 11.6 Å². The van der Waals surface area contributed by atoms with Crippen LogP contribution in [0.2, 0.25) is 5.02 Å². The van der Waals surface area contributed by atoms with Crippen LogP contribution in [0, 0.1) is 6.92 Å². The molecule has 2 N–H and O–H groups in total. The minimum Gasteiger partial charge on any atom is -0.350 e. The van der Waals surface area contributed by atoms with Crippen molar-refractivity contribution in [1.82, 2.24) is 10.2 Å². The van der Waals surface area contributed by atoms with Crippen molar-refractivity contribution < 1.29 is 13.2 Å². The largest absolute Gasteiger partial charge is 0.350 e. The summed E-state index contributed by atoms with van der Waals surface area (Å²) in [6.45, 7) is 8.57. The van der Waals surface area contributed by atoms with Gasteiger partial charge in [-0.05, 0) is 82.6 Å². The molecule has 1 aliphatic heterocycles. The van der Waals surface area contributed by atoms with E-state index < -0.39 is 10.0 Å². The Bertz CT molecular complexity index is 1050. The van der Waals surface area contributed by atoms with Crippen LogP contribution in [0.15, 0.2) is 47.4 Å². The Kier molecular flexibility index (Phi) is 7.29. The maximum atomic E-state index is 12.8. The number of aryl methyl sites for hydroxylation is 1. The SMILES string of the molecule is Cc1cccc(NS(=O)(=O)c2ccc(Cl)c(C(=O)NCC(C)(C)N3CCCCC3)c2)c1. The second-order valence-electron chi connectivity index (χ2n) is 8.66. The molecule has 8 heteroatoms. The molecular formula is C23H30ClN3O3S. The first kappa shape index (κ1) is 23.6. The monoisotopic (exact) mass is 463 g/mol. The van der Waals surface area contributed by atoms with Gasteiger partial charge in [-0.1, -0.05) is 30.2 Å². The molecule has 0 atom stereocenters. The molecule has 0 radical (unpaired) electrons. The summed E-state index contributed by atoms with van der Waals surface area (Å²) in [4.78, 5) is 15.2. The Hall–Kier alpha value is -2.09. The van der Waals surface area contributed by atoms with Crippen LogP contribution in [0.25, 0.3) is 0 Å². The highest BCUT2D eigenvalue weighted by atomic mass is 35.5. The lowest BCUT2D eigenvalue weighted by molar-refractivity contribution is 0.0797. The van der Waals surface area contributed by atoms with E-state index in [2.05, 4.69) is 28.8 Å². The van der Waals surface area contributed by atoms with Gasteiger partial charge in [0.15, 0.2) is 0 Å². The highest BCUT2D eigenvalue weighted by molar-refractivity contribution is 7.92. The molecule has 0 aliphatic carbocycles. The molecule has 1 amide bonds. The second-order valence-corrected chi connectivity index (χ2v) is 10.7. The number of amides is 1. The molecule has 6 nitrogen and oxygen atoms in total. The van der Waals surface area contributed by atoms with Crippen molar-refractivity contribution >= 4 is 33.2 Å². The number of nitrogens with zero attached hydrogens (tertiary/aromatic N) is 1. The third-order valence-electron chi connectivity index (χ3n) is 5.66. The lowest BCUT2D eigenvalue weighted by atomic mass is 9.98. The van der Waals surface area contributed by atoms with Gasteiger partial charge in [0.1, 0.15) is 0 Å².